The van der Waals surface area contributed by atoms with Gasteiger partial charge in [0.05, 0.1) is 25.0 Å². The maximum absolute atomic E-state index is 12.0. The lowest BCUT2D eigenvalue weighted by Gasteiger charge is -2.22. The van der Waals surface area contributed by atoms with Crippen LogP contribution < -0.4 is 0 Å². The van der Waals surface area contributed by atoms with E-state index in [2.05, 4.69) is 6.08 Å². The van der Waals surface area contributed by atoms with Crippen LogP contribution >= 0.6 is 0 Å². The summed E-state index contributed by atoms with van der Waals surface area (Å²) in [4.78, 5) is 23.9. The van der Waals surface area contributed by atoms with Gasteiger partial charge >= 0.3 is 11.9 Å². The van der Waals surface area contributed by atoms with Crippen molar-refractivity contribution in [1.82, 2.24) is 0 Å². The standard InChI is InChI=1S/C14H22O4/c1-4-17-13(15)11-8-6-7-10(3)9-12(11)14(16)18-5-2/h7,11-12H,4-6,8-9H2,1-3H3. The van der Waals surface area contributed by atoms with Crippen molar-refractivity contribution in [2.75, 3.05) is 13.2 Å². The first-order valence-electron chi connectivity index (χ1n) is 6.59. The predicted octanol–water partition coefficient (Wildman–Crippen LogP) is 2.48. The van der Waals surface area contributed by atoms with Crippen molar-refractivity contribution in [3.8, 4) is 0 Å². The summed E-state index contributed by atoms with van der Waals surface area (Å²) in [6, 6.07) is 0. The number of rotatable bonds is 4. The number of carbonyl (C=O) groups excluding carboxylic acids is 2. The van der Waals surface area contributed by atoms with E-state index in [0.717, 1.165) is 12.0 Å². The van der Waals surface area contributed by atoms with Gasteiger partial charge in [0.2, 0.25) is 0 Å². The average Bonchev–Trinajstić information content (AvgIpc) is 2.51. The Morgan fingerprint density at radius 3 is 2.28 bits per heavy atom. The van der Waals surface area contributed by atoms with Crippen molar-refractivity contribution >= 4 is 11.9 Å². The van der Waals surface area contributed by atoms with Gasteiger partial charge in [-0.3, -0.25) is 9.59 Å². The lowest BCUT2D eigenvalue weighted by molar-refractivity contribution is -0.160. The summed E-state index contributed by atoms with van der Waals surface area (Å²) in [5.74, 6) is -1.34. The van der Waals surface area contributed by atoms with Gasteiger partial charge in [0, 0.05) is 0 Å². The lowest BCUT2D eigenvalue weighted by Crippen LogP contribution is -2.32. The zero-order valence-corrected chi connectivity index (χ0v) is 11.4. The number of esters is 2. The lowest BCUT2D eigenvalue weighted by atomic mass is 9.86. The van der Waals surface area contributed by atoms with Crippen LogP contribution in [0.15, 0.2) is 11.6 Å². The highest BCUT2D eigenvalue weighted by Gasteiger charge is 2.36. The molecule has 1 aliphatic rings. The third-order valence-corrected chi connectivity index (χ3v) is 3.18. The summed E-state index contributed by atoms with van der Waals surface area (Å²) in [5.41, 5.74) is 1.14. The first-order chi connectivity index (χ1) is 8.60. The highest BCUT2D eigenvalue weighted by molar-refractivity contribution is 5.82. The molecule has 0 amide bonds. The smallest absolute Gasteiger partial charge is 0.310 e. The van der Waals surface area contributed by atoms with Crippen molar-refractivity contribution < 1.29 is 19.1 Å². The molecule has 0 N–H and O–H groups in total. The Hall–Kier alpha value is -1.32. The number of ether oxygens (including phenoxy) is 2. The van der Waals surface area contributed by atoms with E-state index in [9.17, 15) is 9.59 Å². The highest BCUT2D eigenvalue weighted by Crippen LogP contribution is 2.30. The number of carbonyl (C=O) groups is 2. The van der Waals surface area contributed by atoms with Crippen LogP contribution in [-0.4, -0.2) is 25.2 Å². The summed E-state index contributed by atoms with van der Waals surface area (Å²) >= 11 is 0. The first kappa shape index (κ1) is 14.7. The van der Waals surface area contributed by atoms with Crippen molar-refractivity contribution in [3.05, 3.63) is 11.6 Å². The second-order valence-corrected chi connectivity index (χ2v) is 4.55. The molecule has 0 heterocycles. The molecule has 4 heteroatoms. The monoisotopic (exact) mass is 254 g/mol. The zero-order chi connectivity index (χ0) is 13.5. The van der Waals surface area contributed by atoms with Gasteiger partial charge in [-0.1, -0.05) is 11.6 Å². The van der Waals surface area contributed by atoms with Gasteiger partial charge in [0.15, 0.2) is 0 Å². The molecule has 102 valence electrons. The molecular weight excluding hydrogens is 232 g/mol. The molecule has 2 unspecified atom stereocenters. The van der Waals surface area contributed by atoms with Gasteiger partial charge in [-0.05, 0) is 40.0 Å². The molecule has 0 aromatic rings. The quantitative estimate of drug-likeness (QED) is 0.571. The predicted molar refractivity (Wildman–Crippen MR) is 67.9 cm³/mol. The van der Waals surface area contributed by atoms with Gasteiger partial charge < -0.3 is 9.47 Å². The largest absolute Gasteiger partial charge is 0.466 e. The van der Waals surface area contributed by atoms with Crippen LogP contribution in [0.25, 0.3) is 0 Å². The van der Waals surface area contributed by atoms with E-state index in [1.54, 1.807) is 13.8 Å². The second-order valence-electron chi connectivity index (χ2n) is 4.55. The maximum Gasteiger partial charge on any atom is 0.310 e. The molecule has 0 saturated heterocycles. The van der Waals surface area contributed by atoms with E-state index in [-0.39, 0.29) is 17.9 Å². The fourth-order valence-corrected chi connectivity index (χ4v) is 2.31. The van der Waals surface area contributed by atoms with Gasteiger partial charge in [0.1, 0.15) is 0 Å². The first-order valence-corrected chi connectivity index (χ1v) is 6.59. The Bertz CT molecular complexity index is 333. The number of hydrogen-bond donors (Lipinski definition) is 0. The van der Waals surface area contributed by atoms with Gasteiger partial charge in [-0.25, -0.2) is 0 Å². The number of hydrogen-bond acceptors (Lipinski definition) is 4. The highest BCUT2D eigenvalue weighted by atomic mass is 16.5. The summed E-state index contributed by atoms with van der Waals surface area (Å²) < 4.78 is 10.1. The molecule has 18 heavy (non-hydrogen) atoms. The third kappa shape index (κ3) is 3.86. The molecule has 0 spiro atoms. The molecule has 0 radical (unpaired) electrons. The fourth-order valence-electron chi connectivity index (χ4n) is 2.31. The second kappa shape index (κ2) is 7.19. The van der Waals surface area contributed by atoms with Crippen LogP contribution in [0, 0.1) is 11.8 Å². The topological polar surface area (TPSA) is 52.6 Å². The van der Waals surface area contributed by atoms with Crippen LogP contribution in [0.2, 0.25) is 0 Å². The Labute approximate surface area is 108 Å². The minimum atomic E-state index is -0.400. The van der Waals surface area contributed by atoms with Crippen molar-refractivity contribution in [3.63, 3.8) is 0 Å². The molecule has 0 aliphatic heterocycles. The van der Waals surface area contributed by atoms with E-state index in [1.807, 2.05) is 6.92 Å². The van der Waals surface area contributed by atoms with E-state index in [4.69, 9.17) is 9.47 Å². The average molecular weight is 254 g/mol. The SMILES string of the molecule is CCOC(=O)C1CCC=C(C)CC1C(=O)OCC. The molecular formula is C14H22O4. The minimum absolute atomic E-state index is 0.279. The Balaban J connectivity index is 2.83. The van der Waals surface area contributed by atoms with Crippen molar-refractivity contribution in [2.24, 2.45) is 11.8 Å². The molecule has 4 nitrogen and oxygen atoms in total. The molecule has 0 aromatic heterocycles. The normalized spacial score (nSPS) is 23.8. The van der Waals surface area contributed by atoms with Crippen LogP contribution in [0.1, 0.15) is 40.0 Å². The molecule has 1 rings (SSSR count). The third-order valence-electron chi connectivity index (χ3n) is 3.18. The summed E-state index contributed by atoms with van der Waals surface area (Å²) in [6.07, 6.45) is 4.14. The van der Waals surface area contributed by atoms with E-state index < -0.39 is 5.92 Å². The van der Waals surface area contributed by atoms with Crippen LogP contribution in [0.5, 0.6) is 0 Å². The van der Waals surface area contributed by atoms with Gasteiger partial charge in [-0.2, -0.15) is 0 Å². The molecule has 0 saturated carbocycles. The Morgan fingerprint density at radius 1 is 1.17 bits per heavy atom. The fraction of sp³-hybridized carbons (Fsp3) is 0.714. The summed E-state index contributed by atoms with van der Waals surface area (Å²) in [7, 11) is 0. The molecule has 1 aliphatic carbocycles. The Kier molecular flexibility index (Phi) is 5.89. The van der Waals surface area contributed by atoms with Crippen LogP contribution in [0.4, 0.5) is 0 Å². The van der Waals surface area contributed by atoms with Crippen LogP contribution in [-0.2, 0) is 19.1 Å². The van der Waals surface area contributed by atoms with Gasteiger partial charge in [-0.15, -0.1) is 0 Å². The zero-order valence-electron chi connectivity index (χ0n) is 11.4. The summed E-state index contributed by atoms with van der Waals surface area (Å²) in [5, 5.41) is 0. The van der Waals surface area contributed by atoms with Gasteiger partial charge in [0.25, 0.3) is 0 Å². The summed E-state index contributed by atoms with van der Waals surface area (Å²) in [6.45, 7) is 6.22. The maximum atomic E-state index is 12.0. The van der Waals surface area contributed by atoms with Crippen molar-refractivity contribution in [2.45, 2.75) is 40.0 Å². The molecule has 2 atom stereocenters. The van der Waals surface area contributed by atoms with Crippen molar-refractivity contribution in [1.29, 1.82) is 0 Å². The van der Waals surface area contributed by atoms with Crippen LogP contribution in [0.3, 0.4) is 0 Å². The van der Waals surface area contributed by atoms with E-state index in [1.165, 1.54) is 0 Å². The Morgan fingerprint density at radius 2 is 1.72 bits per heavy atom. The molecule has 0 fully saturated rings. The van der Waals surface area contributed by atoms with E-state index in [0.29, 0.717) is 26.1 Å². The number of allylic oxidation sites excluding steroid dienone is 2. The molecule has 0 bridgehead atoms. The minimum Gasteiger partial charge on any atom is -0.466 e. The van der Waals surface area contributed by atoms with E-state index >= 15 is 0 Å². The molecule has 0 aromatic carbocycles.